The third-order valence-corrected chi connectivity index (χ3v) is 1.22. The maximum atomic E-state index is 4.83. The molecule has 0 heterocycles. The lowest BCUT2D eigenvalue weighted by molar-refractivity contribution is 0.162. The molecule has 152 valence electrons. The van der Waals surface area contributed by atoms with E-state index in [1.807, 2.05) is 41.5 Å². The van der Waals surface area contributed by atoms with E-state index < -0.39 is 0 Å². The zero-order valence-corrected chi connectivity index (χ0v) is 15.0. The molecule has 0 atom stereocenters. The van der Waals surface area contributed by atoms with E-state index in [0.29, 0.717) is 0 Å². The Bertz CT molecular complexity index is 58.7. The first kappa shape index (κ1) is 68.1. The van der Waals surface area contributed by atoms with Crippen molar-refractivity contribution in [3.63, 3.8) is 0 Å². The summed E-state index contributed by atoms with van der Waals surface area (Å²) in [6.07, 6.45) is 0. The Labute approximate surface area is 134 Å². The van der Waals surface area contributed by atoms with E-state index in [-0.39, 0.29) is 38.3 Å². The molecule has 0 aliphatic heterocycles. The molecule has 22 heavy (non-hydrogen) atoms. The molecule has 0 aromatic heterocycles. The van der Waals surface area contributed by atoms with E-state index in [9.17, 15) is 0 Å². The van der Waals surface area contributed by atoms with Crippen LogP contribution >= 0.6 is 0 Å². The van der Waals surface area contributed by atoms with E-state index >= 15 is 0 Å². The van der Waals surface area contributed by atoms with Crippen molar-refractivity contribution in [3.8, 4) is 0 Å². The van der Waals surface area contributed by atoms with Crippen LogP contribution in [0.25, 0.3) is 0 Å². The van der Waals surface area contributed by atoms with Gasteiger partial charge in [0.15, 0.2) is 0 Å². The van der Waals surface area contributed by atoms with Crippen LogP contribution in [0.15, 0.2) is 0 Å². The van der Waals surface area contributed by atoms with Crippen LogP contribution in [0.3, 0.4) is 0 Å². The maximum Gasteiger partial charge on any atom is 0.0437 e. The summed E-state index contributed by atoms with van der Waals surface area (Å²) in [6, 6.07) is 0. The van der Waals surface area contributed by atoms with Crippen LogP contribution in [0, 0.1) is 0 Å². The van der Waals surface area contributed by atoms with E-state index in [0.717, 1.165) is 39.6 Å². The van der Waals surface area contributed by atoms with E-state index in [1.165, 1.54) is 0 Å². The van der Waals surface area contributed by atoms with Crippen LogP contribution in [-0.4, -0.2) is 78.0 Å². The lowest BCUT2D eigenvalue weighted by atomic mass is 10.8. The minimum Gasteiger partial charge on any atom is -0.412 e. The lowest BCUT2D eigenvalue weighted by Crippen LogP contribution is -1.84. The fourth-order valence-corrected chi connectivity index (χ4v) is 0.612. The van der Waals surface area contributed by atoms with E-state index in [2.05, 4.69) is 0 Å². The Hall–Kier alpha value is -0.400. The molecule has 0 aliphatic rings. The molecule has 0 radical (unpaired) electrons. The van der Waals surface area contributed by atoms with Gasteiger partial charge in [0.2, 0.25) is 0 Å². The summed E-state index contributed by atoms with van der Waals surface area (Å²) in [4.78, 5) is 0. The number of rotatable bonds is 6. The second-order valence-corrected chi connectivity index (χ2v) is 2.34. The first-order chi connectivity index (χ1) is 7.24. The molecule has 10 heteroatoms. The number of ether oxygens (including phenoxy) is 3. The maximum absolute atomic E-state index is 4.83. The van der Waals surface area contributed by atoms with Crippen molar-refractivity contribution in [2.24, 2.45) is 0 Å². The minimum atomic E-state index is 0. The van der Waals surface area contributed by atoms with Crippen LogP contribution in [0.1, 0.15) is 41.5 Å². The molecule has 0 amide bonds. The van der Waals surface area contributed by atoms with Gasteiger partial charge < -0.3 is 52.5 Å². The van der Waals surface area contributed by atoms with Gasteiger partial charge in [-0.15, -0.1) is 0 Å². The second-order valence-electron chi connectivity index (χ2n) is 2.34. The van der Waals surface area contributed by atoms with Gasteiger partial charge in [-0.3, -0.25) is 0 Å². The van der Waals surface area contributed by atoms with Crippen LogP contribution in [0.4, 0.5) is 0 Å². The van der Waals surface area contributed by atoms with Gasteiger partial charge >= 0.3 is 0 Å². The molecule has 0 aliphatic carbocycles. The summed E-state index contributed by atoms with van der Waals surface area (Å²) in [7, 11) is 0. The largest absolute Gasteiger partial charge is 0.412 e. The van der Waals surface area contributed by atoms with Crippen molar-refractivity contribution < 1.29 is 52.5 Å². The van der Waals surface area contributed by atoms with Crippen LogP contribution in [0.2, 0.25) is 0 Å². The highest BCUT2D eigenvalue weighted by Crippen LogP contribution is 1.65. The second kappa shape index (κ2) is 107. The van der Waals surface area contributed by atoms with Crippen molar-refractivity contribution in [1.29, 1.82) is 0 Å². The van der Waals surface area contributed by atoms with Gasteiger partial charge in [-0.1, -0.05) is 0 Å². The molecule has 0 fully saturated rings. The number of hydrogen-bond acceptors (Lipinski definition) is 3. The van der Waals surface area contributed by atoms with Gasteiger partial charge in [-0.25, -0.2) is 0 Å². The summed E-state index contributed by atoms with van der Waals surface area (Å²) in [5.74, 6) is 0. The van der Waals surface area contributed by atoms with Crippen molar-refractivity contribution in [2.45, 2.75) is 41.5 Å². The SMILES string of the molecule is CCOCC.CCOCC.CCOCC.O.O.O.O.O.O.O. The zero-order chi connectivity index (χ0) is 12.4. The Morgan fingerprint density at radius 2 is 0.409 bits per heavy atom. The fourth-order valence-electron chi connectivity index (χ4n) is 0.612. The summed E-state index contributed by atoms with van der Waals surface area (Å²) >= 11 is 0. The van der Waals surface area contributed by atoms with Gasteiger partial charge in [-0.2, -0.15) is 0 Å². The molecule has 0 bridgehead atoms. The van der Waals surface area contributed by atoms with Gasteiger partial charge in [-0.05, 0) is 41.5 Å². The molecule has 14 N–H and O–H groups in total. The zero-order valence-electron chi connectivity index (χ0n) is 15.0. The molecule has 0 rings (SSSR count). The van der Waals surface area contributed by atoms with Gasteiger partial charge in [0, 0.05) is 39.6 Å². The summed E-state index contributed by atoms with van der Waals surface area (Å²) in [6.45, 7) is 17.0. The molecule has 0 spiro atoms. The van der Waals surface area contributed by atoms with Crippen molar-refractivity contribution >= 4 is 0 Å². The van der Waals surface area contributed by atoms with Crippen LogP contribution in [0.5, 0.6) is 0 Å². The Kier molecular flexibility index (Phi) is 331. The summed E-state index contributed by atoms with van der Waals surface area (Å²) in [5.41, 5.74) is 0. The van der Waals surface area contributed by atoms with Gasteiger partial charge in [0.05, 0.1) is 0 Å². The predicted molar refractivity (Wildman–Crippen MR) is 91.8 cm³/mol. The standard InChI is InChI=1S/3C4H10O.7H2O/c3*1-3-5-4-2;;;;;;;/h3*3-4H2,1-2H3;7*1H2. The van der Waals surface area contributed by atoms with Crippen LogP contribution in [-0.2, 0) is 14.2 Å². The predicted octanol–water partition coefficient (Wildman–Crippen LogP) is -2.64. The molecule has 0 aromatic carbocycles. The first-order valence-electron chi connectivity index (χ1n) is 5.97. The lowest BCUT2D eigenvalue weighted by Gasteiger charge is -1.86. The molecule has 10 nitrogen and oxygen atoms in total. The molecule has 0 saturated carbocycles. The average Bonchev–Trinajstić information content (AvgIpc) is 2.23. The Morgan fingerprint density at radius 1 is 0.318 bits per heavy atom. The molecular weight excluding hydrogens is 304 g/mol. The average molecular weight is 348 g/mol. The van der Waals surface area contributed by atoms with Gasteiger partial charge in [0.25, 0.3) is 0 Å². The van der Waals surface area contributed by atoms with Crippen molar-refractivity contribution in [2.75, 3.05) is 39.6 Å². The quantitative estimate of drug-likeness (QED) is 0.499. The van der Waals surface area contributed by atoms with Crippen molar-refractivity contribution in [3.05, 3.63) is 0 Å². The highest BCUT2D eigenvalue weighted by atomic mass is 16.5. The molecule has 0 unspecified atom stereocenters. The molecule has 0 saturated heterocycles. The van der Waals surface area contributed by atoms with E-state index in [1.54, 1.807) is 0 Å². The fraction of sp³-hybridized carbons (Fsp3) is 1.00. The summed E-state index contributed by atoms with van der Waals surface area (Å²) < 4.78 is 14.5. The van der Waals surface area contributed by atoms with Crippen molar-refractivity contribution in [1.82, 2.24) is 0 Å². The monoisotopic (exact) mass is 348 g/mol. The van der Waals surface area contributed by atoms with Crippen LogP contribution < -0.4 is 0 Å². The molecule has 0 aromatic rings. The summed E-state index contributed by atoms with van der Waals surface area (Å²) in [5, 5.41) is 0. The van der Waals surface area contributed by atoms with Gasteiger partial charge in [0.1, 0.15) is 0 Å². The van der Waals surface area contributed by atoms with E-state index in [4.69, 9.17) is 14.2 Å². The topological polar surface area (TPSA) is 248 Å². The Morgan fingerprint density at radius 3 is 0.409 bits per heavy atom. The Balaban J connectivity index is -0.0000000106. The smallest absolute Gasteiger partial charge is 0.0437 e. The minimum absolute atomic E-state index is 0. The third-order valence-electron chi connectivity index (χ3n) is 1.22. The normalized spacial score (nSPS) is 5.73. The highest BCUT2D eigenvalue weighted by molar-refractivity contribution is 4.08. The molecular formula is C12H44O10. The number of hydrogen-bond donors (Lipinski definition) is 0. The highest BCUT2D eigenvalue weighted by Gasteiger charge is 1.64. The first-order valence-corrected chi connectivity index (χ1v) is 5.97. The third kappa shape index (κ3) is 216.